The van der Waals surface area contributed by atoms with E-state index in [0.717, 1.165) is 11.3 Å². The minimum atomic E-state index is -0.0863. The molecule has 2 N–H and O–H groups in total. The zero-order valence-corrected chi connectivity index (χ0v) is 14.3. The molecular weight excluding hydrogens is 308 g/mol. The summed E-state index contributed by atoms with van der Waals surface area (Å²) in [6, 6.07) is 9.63. The molecule has 0 aliphatic carbocycles. The number of amides is 2. The topological polar surface area (TPSA) is 58.2 Å². The van der Waals surface area contributed by atoms with E-state index in [2.05, 4.69) is 24.5 Å². The van der Waals surface area contributed by atoms with Crippen LogP contribution in [0.1, 0.15) is 48.5 Å². The summed E-state index contributed by atoms with van der Waals surface area (Å²) in [5.41, 5.74) is 2.67. The van der Waals surface area contributed by atoms with Crippen LogP contribution in [0.5, 0.6) is 0 Å². The van der Waals surface area contributed by atoms with E-state index in [0.29, 0.717) is 30.9 Å². The Bertz CT molecular complexity index is 651. The molecule has 1 aromatic heterocycles. The van der Waals surface area contributed by atoms with E-state index in [4.69, 9.17) is 0 Å². The van der Waals surface area contributed by atoms with Gasteiger partial charge in [0.05, 0.1) is 0 Å². The van der Waals surface area contributed by atoms with Crippen LogP contribution < -0.4 is 10.6 Å². The summed E-state index contributed by atoms with van der Waals surface area (Å²) in [5, 5.41) is 9.46. The summed E-state index contributed by atoms with van der Waals surface area (Å²) < 4.78 is 0. The number of benzene rings is 1. The second-order valence-corrected chi connectivity index (χ2v) is 6.44. The van der Waals surface area contributed by atoms with E-state index in [9.17, 15) is 9.59 Å². The van der Waals surface area contributed by atoms with Crippen molar-refractivity contribution in [2.24, 2.45) is 0 Å². The van der Waals surface area contributed by atoms with Crippen molar-refractivity contribution in [2.45, 2.75) is 32.6 Å². The van der Waals surface area contributed by atoms with Gasteiger partial charge in [0.15, 0.2) is 0 Å². The van der Waals surface area contributed by atoms with Crippen LogP contribution in [0.4, 0.5) is 5.69 Å². The lowest BCUT2D eigenvalue weighted by molar-refractivity contribution is -0.116. The van der Waals surface area contributed by atoms with Crippen LogP contribution in [0.3, 0.4) is 0 Å². The molecule has 2 rings (SSSR count). The van der Waals surface area contributed by atoms with Gasteiger partial charge < -0.3 is 10.6 Å². The first-order valence-corrected chi connectivity index (χ1v) is 8.71. The molecule has 122 valence electrons. The molecule has 0 aliphatic heterocycles. The number of carbonyl (C=O) groups is 2. The Labute approximate surface area is 140 Å². The van der Waals surface area contributed by atoms with Gasteiger partial charge >= 0.3 is 0 Å². The molecule has 0 spiro atoms. The maximum absolute atomic E-state index is 12.0. The predicted octanol–water partition coefficient (Wildman–Crippen LogP) is 4.02. The van der Waals surface area contributed by atoms with Crippen LogP contribution in [0.25, 0.3) is 0 Å². The number of nitrogens with one attached hydrogen (secondary N) is 2. The van der Waals surface area contributed by atoms with Crippen molar-refractivity contribution in [3.8, 4) is 0 Å². The number of para-hydroxylation sites is 1. The highest BCUT2D eigenvalue weighted by atomic mass is 32.1. The molecule has 0 bridgehead atoms. The molecule has 2 aromatic rings. The lowest BCUT2D eigenvalue weighted by Crippen LogP contribution is -2.25. The Morgan fingerprint density at radius 2 is 1.96 bits per heavy atom. The number of hydrogen-bond donors (Lipinski definition) is 2. The van der Waals surface area contributed by atoms with Crippen molar-refractivity contribution < 1.29 is 9.59 Å². The zero-order valence-electron chi connectivity index (χ0n) is 13.5. The van der Waals surface area contributed by atoms with Crippen LogP contribution in [0.2, 0.25) is 0 Å². The molecule has 0 saturated carbocycles. The lowest BCUT2D eigenvalue weighted by atomic mass is 10.0. The summed E-state index contributed by atoms with van der Waals surface area (Å²) >= 11 is 1.49. The van der Waals surface area contributed by atoms with Gasteiger partial charge in [0, 0.05) is 29.6 Å². The summed E-state index contributed by atoms with van der Waals surface area (Å²) in [7, 11) is 0. The third kappa shape index (κ3) is 5.21. The van der Waals surface area contributed by atoms with Crippen molar-refractivity contribution in [1.82, 2.24) is 5.32 Å². The SMILES string of the molecule is CC(C)c1ccccc1NC(=O)CCCNC(=O)c1ccsc1. The lowest BCUT2D eigenvalue weighted by Gasteiger charge is -2.13. The van der Waals surface area contributed by atoms with Gasteiger partial charge in [0.2, 0.25) is 5.91 Å². The summed E-state index contributed by atoms with van der Waals surface area (Å²) in [6.45, 7) is 4.70. The van der Waals surface area contributed by atoms with Gasteiger partial charge in [-0.2, -0.15) is 11.3 Å². The summed E-state index contributed by atoms with van der Waals surface area (Å²) in [5.74, 6) is 0.246. The van der Waals surface area contributed by atoms with Crippen LogP contribution in [-0.2, 0) is 4.79 Å². The number of hydrogen-bond acceptors (Lipinski definition) is 3. The van der Waals surface area contributed by atoms with E-state index in [1.807, 2.05) is 35.0 Å². The first-order chi connectivity index (χ1) is 11.1. The first-order valence-electron chi connectivity index (χ1n) is 7.77. The first kappa shape index (κ1) is 17.2. The highest BCUT2D eigenvalue weighted by molar-refractivity contribution is 7.08. The van der Waals surface area contributed by atoms with Crippen LogP contribution in [0, 0.1) is 0 Å². The molecule has 0 fully saturated rings. The van der Waals surface area contributed by atoms with Crippen LogP contribution in [-0.4, -0.2) is 18.4 Å². The molecule has 0 aliphatic rings. The minimum Gasteiger partial charge on any atom is -0.352 e. The maximum Gasteiger partial charge on any atom is 0.252 e. The van der Waals surface area contributed by atoms with Gasteiger partial charge in [-0.1, -0.05) is 32.0 Å². The van der Waals surface area contributed by atoms with Gasteiger partial charge in [0.1, 0.15) is 0 Å². The fourth-order valence-electron chi connectivity index (χ4n) is 2.27. The molecule has 1 aromatic carbocycles. The third-order valence-corrected chi connectivity index (χ3v) is 4.19. The van der Waals surface area contributed by atoms with E-state index in [-0.39, 0.29) is 11.8 Å². The number of rotatable bonds is 7. The molecule has 0 radical (unpaired) electrons. The highest BCUT2D eigenvalue weighted by Gasteiger charge is 2.09. The normalized spacial score (nSPS) is 10.6. The van der Waals surface area contributed by atoms with Crippen molar-refractivity contribution >= 4 is 28.8 Å². The van der Waals surface area contributed by atoms with E-state index >= 15 is 0 Å². The highest BCUT2D eigenvalue weighted by Crippen LogP contribution is 2.23. The standard InChI is InChI=1S/C18H22N2O2S/c1-13(2)15-6-3-4-7-16(15)20-17(21)8-5-10-19-18(22)14-9-11-23-12-14/h3-4,6-7,9,11-13H,5,8,10H2,1-2H3,(H,19,22)(H,20,21). The minimum absolute atomic E-state index is 0.0251. The quantitative estimate of drug-likeness (QED) is 0.753. The van der Waals surface area contributed by atoms with Crippen LogP contribution in [0.15, 0.2) is 41.1 Å². The monoisotopic (exact) mass is 330 g/mol. The third-order valence-electron chi connectivity index (χ3n) is 3.51. The number of thiophene rings is 1. The summed E-state index contributed by atoms with van der Waals surface area (Å²) in [6.07, 6.45) is 1.00. The number of carbonyl (C=O) groups excluding carboxylic acids is 2. The maximum atomic E-state index is 12.0. The Morgan fingerprint density at radius 3 is 2.65 bits per heavy atom. The second-order valence-electron chi connectivity index (χ2n) is 5.66. The van der Waals surface area contributed by atoms with Gasteiger partial charge in [-0.05, 0) is 35.4 Å². The molecule has 23 heavy (non-hydrogen) atoms. The molecule has 0 saturated heterocycles. The fourth-order valence-corrected chi connectivity index (χ4v) is 2.91. The molecule has 4 nitrogen and oxygen atoms in total. The van der Waals surface area contributed by atoms with E-state index in [1.54, 1.807) is 6.07 Å². The van der Waals surface area contributed by atoms with Crippen molar-refractivity contribution in [1.29, 1.82) is 0 Å². The van der Waals surface area contributed by atoms with Gasteiger partial charge in [-0.25, -0.2) is 0 Å². The molecule has 0 unspecified atom stereocenters. The summed E-state index contributed by atoms with van der Waals surface area (Å²) in [4.78, 5) is 23.8. The molecule has 2 amide bonds. The molecular formula is C18H22N2O2S. The molecule has 5 heteroatoms. The largest absolute Gasteiger partial charge is 0.352 e. The Balaban J connectivity index is 1.74. The number of anilines is 1. The molecule has 1 heterocycles. The molecule has 0 atom stereocenters. The van der Waals surface area contributed by atoms with Crippen molar-refractivity contribution in [2.75, 3.05) is 11.9 Å². The van der Waals surface area contributed by atoms with Gasteiger partial charge in [-0.3, -0.25) is 9.59 Å². The van der Waals surface area contributed by atoms with Gasteiger partial charge in [-0.15, -0.1) is 0 Å². The average molecular weight is 330 g/mol. The Hall–Kier alpha value is -2.14. The van der Waals surface area contributed by atoms with Gasteiger partial charge in [0.25, 0.3) is 5.91 Å². The zero-order chi connectivity index (χ0) is 16.7. The van der Waals surface area contributed by atoms with Crippen molar-refractivity contribution in [3.05, 3.63) is 52.2 Å². The second kappa shape index (κ2) is 8.48. The van der Waals surface area contributed by atoms with E-state index < -0.39 is 0 Å². The van der Waals surface area contributed by atoms with Crippen molar-refractivity contribution in [3.63, 3.8) is 0 Å². The fraction of sp³-hybridized carbons (Fsp3) is 0.333. The van der Waals surface area contributed by atoms with E-state index in [1.165, 1.54) is 11.3 Å². The Morgan fingerprint density at radius 1 is 1.17 bits per heavy atom. The Kier molecular flexibility index (Phi) is 6.35. The van der Waals surface area contributed by atoms with Crippen LogP contribution >= 0.6 is 11.3 Å². The smallest absolute Gasteiger partial charge is 0.252 e. The predicted molar refractivity (Wildman–Crippen MR) is 95.0 cm³/mol. The average Bonchev–Trinajstić information content (AvgIpc) is 3.06.